The molecular formula is C11H8BrFN2O. The Morgan fingerprint density at radius 1 is 1.38 bits per heavy atom. The van der Waals surface area contributed by atoms with Gasteiger partial charge in [-0.15, -0.1) is 0 Å². The molecule has 0 unspecified atom stereocenters. The lowest BCUT2D eigenvalue weighted by molar-refractivity contribution is 0.380. The van der Waals surface area contributed by atoms with Crippen LogP contribution in [0.2, 0.25) is 0 Å². The smallest absolute Gasteiger partial charge is 0.230 e. The summed E-state index contributed by atoms with van der Waals surface area (Å²) in [6, 6.07) is 4.79. The van der Waals surface area contributed by atoms with Crippen LogP contribution in [0.3, 0.4) is 0 Å². The highest BCUT2D eigenvalue weighted by atomic mass is 79.9. The van der Waals surface area contributed by atoms with Crippen LogP contribution in [0.1, 0.15) is 24.7 Å². The molecule has 0 saturated heterocycles. The van der Waals surface area contributed by atoms with E-state index in [0.717, 1.165) is 12.8 Å². The summed E-state index contributed by atoms with van der Waals surface area (Å²) in [6.45, 7) is 0. The van der Waals surface area contributed by atoms with Crippen molar-refractivity contribution in [3.05, 3.63) is 34.4 Å². The zero-order valence-corrected chi connectivity index (χ0v) is 9.87. The average Bonchev–Trinajstić information content (AvgIpc) is 2.98. The largest absolute Gasteiger partial charge is 0.339 e. The summed E-state index contributed by atoms with van der Waals surface area (Å²) in [7, 11) is 0. The molecule has 1 fully saturated rings. The van der Waals surface area contributed by atoms with Crippen LogP contribution >= 0.6 is 15.9 Å². The molecule has 0 bridgehead atoms. The highest BCUT2D eigenvalue weighted by Crippen LogP contribution is 2.39. The number of benzene rings is 1. The van der Waals surface area contributed by atoms with Crippen molar-refractivity contribution in [3.63, 3.8) is 0 Å². The number of hydrogen-bond donors (Lipinski definition) is 0. The lowest BCUT2D eigenvalue weighted by Gasteiger charge is -1.97. The fraction of sp³-hybridized carbons (Fsp3) is 0.273. The minimum atomic E-state index is -0.350. The van der Waals surface area contributed by atoms with Gasteiger partial charge in [0.15, 0.2) is 0 Å². The Morgan fingerprint density at radius 3 is 2.88 bits per heavy atom. The quantitative estimate of drug-likeness (QED) is 0.846. The molecule has 3 nitrogen and oxygen atoms in total. The van der Waals surface area contributed by atoms with Crippen LogP contribution in [0, 0.1) is 5.82 Å². The zero-order chi connectivity index (χ0) is 11.1. The zero-order valence-electron chi connectivity index (χ0n) is 8.28. The summed E-state index contributed by atoms with van der Waals surface area (Å²) in [5.41, 5.74) is 0.374. The minimum Gasteiger partial charge on any atom is -0.339 e. The van der Waals surface area contributed by atoms with Crippen molar-refractivity contribution in [2.24, 2.45) is 0 Å². The molecule has 0 atom stereocenters. The second-order valence-corrected chi connectivity index (χ2v) is 4.77. The third-order valence-electron chi connectivity index (χ3n) is 2.54. The first-order valence-electron chi connectivity index (χ1n) is 5.03. The van der Waals surface area contributed by atoms with E-state index < -0.39 is 0 Å². The summed E-state index contributed by atoms with van der Waals surface area (Å²) in [6.07, 6.45) is 2.18. The van der Waals surface area contributed by atoms with E-state index in [0.29, 0.717) is 27.7 Å². The van der Waals surface area contributed by atoms with E-state index in [1.165, 1.54) is 6.07 Å². The lowest BCUT2D eigenvalue weighted by Crippen LogP contribution is -1.87. The third-order valence-corrected chi connectivity index (χ3v) is 3.03. The maximum atomic E-state index is 13.6. The van der Waals surface area contributed by atoms with Gasteiger partial charge in [0.2, 0.25) is 11.7 Å². The van der Waals surface area contributed by atoms with Crippen molar-refractivity contribution in [3.8, 4) is 11.4 Å². The van der Waals surface area contributed by atoms with Crippen molar-refractivity contribution in [1.82, 2.24) is 10.1 Å². The fourth-order valence-electron chi connectivity index (χ4n) is 1.51. The predicted molar refractivity (Wildman–Crippen MR) is 59.4 cm³/mol. The van der Waals surface area contributed by atoms with Crippen LogP contribution in [0.4, 0.5) is 4.39 Å². The molecule has 82 valence electrons. The molecule has 0 radical (unpaired) electrons. The Labute approximate surface area is 99.8 Å². The second kappa shape index (κ2) is 3.66. The maximum absolute atomic E-state index is 13.6. The van der Waals surface area contributed by atoms with Crippen molar-refractivity contribution in [2.75, 3.05) is 0 Å². The van der Waals surface area contributed by atoms with E-state index in [2.05, 4.69) is 26.1 Å². The van der Waals surface area contributed by atoms with Gasteiger partial charge in [-0.05, 0) is 31.0 Å². The number of nitrogens with zero attached hydrogens (tertiary/aromatic N) is 2. The Bertz CT molecular complexity index is 537. The van der Waals surface area contributed by atoms with E-state index in [9.17, 15) is 4.39 Å². The summed E-state index contributed by atoms with van der Waals surface area (Å²) in [5, 5.41) is 3.80. The molecular weight excluding hydrogens is 275 g/mol. The Hall–Kier alpha value is -1.23. The first-order chi connectivity index (χ1) is 7.74. The molecule has 0 aliphatic heterocycles. The molecule has 16 heavy (non-hydrogen) atoms. The standard InChI is InChI=1S/C11H8BrFN2O/c12-7-3-4-8(9(13)5-7)10-14-11(16-15-10)6-1-2-6/h3-6H,1-2H2. The molecule has 1 aliphatic rings. The Morgan fingerprint density at radius 2 is 2.19 bits per heavy atom. The van der Waals surface area contributed by atoms with E-state index in [-0.39, 0.29) is 5.82 Å². The molecule has 1 aromatic carbocycles. The molecule has 1 aliphatic carbocycles. The van der Waals surface area contributed by atoms with Gasteiger partial charge in [-0.1, -0.05) is 21.1 Å². The van der Waals surface area contributed by atoms with Crippen LogP contribution in [-0.2, 0) is 0 Å². The van der Waals surface area contributed by atoms with Gasteiger partial charge in [0.1, 0.15) is 5.82 Å². The first kappa shape index (κ1) is 9.96. The van der Waals surface area contributed by atoms with Crippen molar-refractivity contribution < 1.29 is 8.91 Å². The predicted octanol–water partition coefficient (Wildman–Crippen LogP) is 3.52. The van der Waals surface area contributed by atoms with E-state index >= 15 is 0 Å². The fourth-order valence-corrected chi connectivity index (χ4v) is 1.84. The molecule has 1 aromatic heterocycles. The van der Waals surface area contributed by atoms with Gasteiger partial charge in [-0.3, -0.25) is 0 Å². The SMILES string of the molecule is Fc1cc(Br)ccc1-c1noc(C2CC2)n1. The minimum absolute atomic E-state index is 0.326. The summed E-state index contributed by atoms with van der Waals surface area (Å²) < 4.78 is 19.4. The van der Waals surface area contributed by atoms with Gasteiger partial charge in [-0.25, -0.2) is 4.39 Å². The second-order valence-electron chi connectivity index (χ2n) is 3.85. The van der Waals surface area contributed by atoms with Gasteiger partial charge in [0.25, 0.3) is 0 Å². The number of halogens is 2. The highest BCUT2D eigenvalue weighted by Gasteiger charge is 2.30. The molecule has 1 heterocycles. The topological polar surface area (TPSA) is 38.9 Å². The number of rotatable bonds is 2. The van der Waals surface area contributed by atoms with Crippen LogP contribution < -0.4 is 0 Å². The molecule has 1 saturated carbocycles. The maximum Gasteiger partial charge on any atom is 0.230 e. The Kier molecular flexibility index (Phi) is 2.28. The molecule has 0 amide bonds. The Balaban J connectivity index is 2.00. The van der Waals surface area contributed by atoms with Crippen LogP contribution in [-0.4, -0.2) is 10.1 Å². The summed E-state index contributed by atoms with van der Waals surface area (Å²) >= 11 is 3.20. The van der Waals surface area contributed by atoms with Crippen LogP contribution in [0.5, 0.6) is 0 Å². The molecule has 5 heteroatoms. The summed E-state index contributed by atoms with van der Waals surface area (Å²) in [5.74, 6) is 0.988. The molecule has 0 spiro atoms. The van der Waals surface area contributed by atoms with E-state index in [4.69, 9.17) is 4.52 Å². The monoisotopic (exact) mass is 282 g/mol. The average molecular weight is 283 g/mol. The third kappa shape index (κ3) is 1.75. The number of aromatic nitrogens is 2. The van der Waals surface area contributed by atoms with Gasteiger partial charge in [0.05, 0.1) is 5.56 Å². The van der Waals surface area contributed by atoms with Crippen molar-refractivity contribution in [1.29, 1.82) is 0 Å². The van der Waals surface area contributed by atoms with Gasteiger partial charge in [0, 0.05) is 10.4 Å². The van der Waals surface area contributed by atoms with Crippen molar-refractivity contribution in [2.45, 2.75) is 18.8 Å². The van der Waals surface area contributed by atoms with E-state index in [1.54, 1.807) is 12.1 Å². The van der Waals surface area contributed by atoms with Gasteiger partial charge < -0.3 is 4.52 Å². The molecule has 0 N–H and O–H groups in total. The normalized spacial score (nSPS) is 15.4. The summed E-state index contributed by atoms with van der Waals surface area (Å²) in [4.78, 5) is 4.20. The van der Waals surface area contributed by atoms with Crippen molar-refractivity contribution >= 4 is 15.9 Å². The molecule has 3 rings (SSSR count). The lowest BCUT2D eigenvalue weighted by atomic mass is 10.2. The van der Waals surface area contributed by atoms with Gasteiger partial charge in [-0.2, -0.15) is 4.98 Å². The van der Waals surface area contributed by atoms with Gasteiger partial charge >= 0.3 is 0 Å². The van der Waals surface area contributed by atoms with Crippen LogP contribution in [0.25, 0.3) is 11.4 Å². The molecule has 2 aromatic rings. The highest BCUT2D eigenvalue weighted by molar-refractivity contribution is 9.10. The number of hydrogen-bond acceptors (Lipinski definition) is 3. The van der Waals surface area contributed by atoms with E-state index in [1.807, 2.05) is 0 Å². The first-order valence-corrected chi connectivity index (χ1v) is 5.82. The van der Waals surface area contributed by atoms with Crippen LogP contribution in [0.15, 0.2) is 27.2 Å².